The van der Waals surface area contributed by atoms with Gasteiger partial charge in [0.05, 0.1) is 8.95 Å². The highest BCUT2D eigenvalue weighted by Crippen LogP contribution is 2.30. The second-order valence-electron chi connectivity index (χ2n) is 5.11. The van der Waals surface area contributed by atoms with E-state index in [0.717, 1.165) is 30.4 Å². The van der Waals surface area contributed by atoms with E-state index in [1.165, 1.54) is 12.1 Å². The van der Waals surface area contributed by atoms with Gasteiger partial charge in [0.2, 0.25) is 0 Å². The third kappa shape index (κ3) is 4.36. The Kier molecular flexibility index (Phi) is 5.94. The first-order chi connectivity index (χ1) is 10.0. The summed E-state index contributed by atoms with van der Waals surface area (Å²) in [5.74, 6) is -0.210. The van der Waals surface area contributed by atoms with E-state index < -0.39 is 0 Å². The van der Waals surface area contributed by atoms with Gasteiger partial charge in [0.15, 0.2) is 0 Å². The zero-order valence-corrected chi connectivity index (χ0v) is 14.8. The maximum absolute atomic E-state index is 13.4. The molecule has 0 aliphatic carbocycles. The summed E-state index contributed by atoms with van der Waals surface area (Å²) in [5.41, 5.74) is 2.17. The zero-order valence-electron chi connectivity index (χ0n) is 11.7. The molecule has 112 valence electrons. The molecule has 0 heterocycles. The van der Waals surface area contributed by atoms with Gasteiger partial charge in [0.1, 0.15) is 11.6 Å². The SMILES string of the molecule is CCCC(Cc1ccc(F)c(Br)c1)c1ccc(F)c(Br)c1. The molecule has 0 nitrogen and oxygen atoms in total. The lowest BCUT2D eigenvalue weighted by Crippen LogP contribution is -2.04. The summed E-state index contributed by atoms with van der Waals surface area (Å²) < 4.78 is 27.7. The maximum atomic E-state index is 13.4. The molecule has 0 radical (unpaired) electrons. The van der Waals surface area contributed by atoms with E-state index in [1.54, 1.807) is 6.07 Å². The van der Waals surface area contributed by atoms with Crippen LogP contribution in [0.1, 0.15) is 36.8 Å². The molecule has 2 aromatic rings. The van der Waals surface area contributed by atoms with Crippen LogP contribution >= 0.6 is 31.9 Å². The Balaban J connectivity index is 2.25. The van der Waals surface area contributed by atoms with Gasteiger partial charge in [0.25, 0.3) is 0 Å². The average Bonchev–Trinajstić information content (AvgIpc) is 2.45. The van der Waals surface area contributed by atoms with Gasteiger partial charge in [-0.2, -0.15) is 0 Å². The summed E-state index contributed by atoms with van der Waals surface area (Å²) in [5, 5.41) is 0. The molecular formula is C17H16Br2F2. The fraction of sp³-hybridized carbons (Fsp3) is 0.294. The molecule has 0 aliphatic rings. The summed E-state index contributed by atoms with van der Waals surface area (Å²) in [6.45, 7) is 2.13. The van der Waals surface area contributed by atoms with Crippen LogP contribution in [-0.2, 0) is 6.42 Å². The van der Waals surface area contributed by atoms with E-state index in [0.29, 0.717) is 14.9 Å². The number of hydrogen-bond donors (Lipinski definition) is 0. The first kappa shape index (κ1) is 16.6. The quantitative estimate of drug-likeness (QED) is 0.512. The summed E-state index contributed by atoms with van der Waals surface area (Å²) in [4.78, 5) is 0. The summed E-state index contributed by atoms with van der Waals surface area (Å²) >= 11 is 6.46. The van der Waals surface area contributed by atoms with Crippen molar-refractivity contribution in [1.29, 1.82) is 0 Å². The Morgan fingerprint density at radius 2 is 1.57 bits per heavy atom. The third-order valence-electron chi connectivity index (χ3n) is 3.52. The molecule has 0 amide bonds. The standard InChI is InChI=1S/C17H16Br2F2/c1-2-3-12(13-5-7-17(21)15(19)10-13)8-11-4-6-16(20)14(18)9-11/h4-7,9-10,12H,2-3,8H2,1H3. The lowest BCUT2D eigenvalue weighted by atomic mass is 9.88. The van der Waals surface area contributed by atoms with Gasteiger partial charge in [-0.05, 0) is 86.0 Å². The number of hydrogen-bond acceptors (Lipinski definition) is 0. The smallest absolute Gasteiger partial charge is 0.137 e. The second-order valence-corrected chi connectivity index (χ2v) is 6.82. The average molecular weight is 418 g/mol. The fourth-order valence-corrected chi connectivity index (χ4v) is 3.28. The number of halogens is 4. The molecular weight excluding hydrogens is 402 g/mol. The Morgan fingerprint density at radius 3 is 2.14 bits per heavy atom. The molecule has 0 spiro atoms. The molecule has 0 fully saturated rings. The topological polar surface area (TPSA) is 0 Å². The minimum atomic E-state index is -0.254. The van der Waals surface area contributed by atoms with Gasteiger partial charge >= 0.3 is 0 Å². The van der Waals surface area contributed by atoms with Crippen molar-refractivity contribution < 1.29 is 8.78 Å². The van der Waals surface area contributed by atoms with Crippen LogP contribution in [0.4, 0.5) is 8.78 Å². The predicted octanol–water partition coefficient (Wildman–Crippen LogP) is 6.62. The van der Waals surface area contributed by atoms with E-state index in [9.17, 15) is 8.78 Å². The van der Waals surface area contributed by atoms with Crippen molar-refractivity contribution in [1.82, 2.24) is 0 Å². The first-order valence-electron chi connectivity index (χ1n) is 6.90. The fourth-order valence-electron chi connectivity index (χ4n) is 2.45. The van der Waals surface area contributed by atoms with Crippen molar-refractivity contribution >= 4 is 31.9 Å². The predicted molar refractivity (Wildman–Crippen MR) is 89.6 cm³/mol. The van der Waals surface area contributed by atoms with Crippen molar-refractivity contribution in [2.24, 2.45) is 0 Å². The summed E-state index contributed by atoms with van der Waals surface area (Å²) in [6.07, 6.45) is 2.86. The second kappa shape index (κ2) is 7.50. The van der Waals surface area contributed by atoms with E-state index in [-0.39, 0.29) is 11.6 Å². The molecule has 1 unspecified atom stereocenters. The molecule has 2 aromatic carbocycles. The van der Waals surface area contributed by atoms with E-state index in [2.05, 4.69) is 38.8 Å². The third-order valence-corrected chi connectivity index (χ3v) is 4.73. The molecule has 0 saturated carbocycles. The largest absolute Gasteiger partial charge is 0.206 e. The minimum Gasteiger partial charge on any atom is -0.206 e. The Labute approximate surface area is 140 Å². The van der Waals surface area contributed by atoms with Crippen LogP contribution in [0.15, 0.2) is 45.3 Å². The van der Waals surface area contributed by atoms with Crippen molar-refractivity contribution in [3.8, 4) is 0 Å². The van der Waals surface area contributed by atoms with Gasteiger partial charge in [-0.25, -0.2) is 8.78 Å². The molecule has 0 bridgehead atoms. The van der Waals surface area contributed by atoms with Gasteiger partial charge in [-0.15, -0.1) is 0 Å². The van der Waals surface area contributed by atoms with E-state index in [1.807, 2.05) is 18.2 Å². The molecule has 0 aliphatic heterocycles. The van der Waals surface area contributed by atoms with Gasteiger partial charge in [-0.1, -0.05) is 25.5 Å². The van der Waals surface area contributed by atoms with Crippen LogP contribution in [0.2, 0.25) is 0 Å². The van der Waals surface area contributed by atoms with E-state index >= 15 is 0 Å². The molecule has 21 heavy (non-hydrogen) atoms. The van der Waals surface area contributed by atoms with Crippen LogP contribution in [0, 0.1) is 11.6 Å². The highest BCUT2D eigenvalue weighted by molar-refractivity contribution is 9.10. The van der Waals surface area contributed by atoms with Crippen LogP contribution < -0.4 is 0 Å². The minimum absolute atomic E-state index is 0.251. The van der Waals surface area contributed by atoms with Crippen LogP contribution in [0.5, 0.6) is 0 Å². The van der Waals surface area contributed by atoms with Crippen molar-refractivity contribution in [3.63, 3.8) is 0 Å². The number of benzene rings is 2. The van der Waals surface area contributed by atoms with Gasteiger partial charge in [0, 0.05) is 0 Å². The van der Waals surface area contributed by atoms with Gasteiger partial charge < -0.3 is 0 Å². The molecule has 0 saturated heterocycles. The number of rotatable bonds is 5. The Hall–Kier alpha value is -0.740. The summed E-state index contributed by atoms with van der Waals surface area (Å²) in [7, 11) is 0. The van der Waals surface area contributed by atoms with Gasteiger partial charge in [-0.3, -0.25) is 0 Å². The molecule has 2 rings (SSSR count). The normalized spacial score (nSPS) is 12.4. The lowest BCUT2D eigenvalue weighted by molar-refractivity contribution is 0.594. The maximum Gasteiger partial charge on any atom is 0.137 e. The van der Waals surface area contributed by atoms with Crippen molar-refractivity contribution in [2.45, 2.75) is 32.1 Å². The van der Waals surface area contributed by atoms with Crippen LogP contribution in [-0.4, -0.2) is 0 Å². The monoisotopic (exact) mass is 416 g/mol. The molecule has 0 aromatic heterocycles. The molecule has 1 atom stereocenters. The van der Waals surface area contributed by atoms with Crippen LogP contribution in [0.25, 0.3) is 0 Å². The highest BCUT2D eigenvalue weighted by Gasteiger charge is 2.14. The molecule has 4 heteroatoms. The Bertz CT molecular complexity index is 626. The Morgan fingerprint density at radius 1 is 0.952 bits per heavy atom. The molecule has 0 N–H and O–H groups in total. The summed E-state index contributed by atoms with van der Waals surface area (Å²) in [6, 6.07) is 10.3. The van der Waals surface area contributed by atoms with Crippen molar-refractivity contribution in [2.75, 3.05) is 0 Å². The highest BCUT2D eigenvalue weighted by atomic mass is 79.9. The zero-order chi connectivity index (χ0) is 15.4. The lowest BCUT2D eigenvalue weighted by Gasteiger charge is -2.17. The van der Waals surface area contributed by atoms with Crippen LogP contribution in [0.3, 0.4) is 0 Å². The van der Waals surface area contributed by atoms with E-state index in [4.69, 9.17) is 0 Å². The van der Waals surface area contributed by atoms with Crippen molar-refractivity contribution in [3.05, 3.63) is 68.1 Å². The first-order valence-corrected chi connectivity index (χ1v) is 8.48.